The van der Waals surface area contributed by atoms with Crippen LogP contribution in [0.4, 0.5) is 8.78 Å². The largest absolute Gasteiger partial charge is 0.386 e. The van der Waals surface area contributed by atoms with Crippen LogP contribution in [-0.2, 0) is 9.59 Å². The van der Waals surface area contributed by atoms with Gasteiger partial charge in [0.15, 0.2) is 11.6 Å². The van der Waals surface area contributed by atoms with Crippen molar-refractivity contribution in [3.05, 3.63) is 35.4 Å². The molecule has 1 fully saturated rings. The number of halogens is 2. The fourth-order valence-electron chi connectivity index (χ4n) is 2.09. The summed E-state index contributed by atoms with van der Waals surface area (Å²) in [7, 11) is 0. The third-order valence-corrected chi connectivity index (χ3v) is 3.17. The van der Waals surface area contributed by atoms with Gasteiger partial charge < -0.3 is 5.11 Å². The van der Waals surface area contributed by atoms with Gasteiger partial charge in [-0.1, -0.05) is 19.1 Å². The molecule has 2 amide bonds. The van der Waals surface area contributed by atoms with E-state index in [1.165, 1.54) is 12.1 Å². The highest BCUT2D eigenvalue weighted by Crippen LogP contribution is 2.24. The molecule has 1 N–H and O–H groups in total. The third kappa shape index (κ3) is 2.49. The van der Waals surface area contributed by atoms with Crippen molar-refractivity contribution in [2.45, 2.75) is 19.4 Å². The van der Waals surface area contributed by atoms with Gasteiger partial charge in [0.25, 0.3) is 0 Å². The standard InChI is InChI=1S/C13H13F2NO3/c1-7-5-11(18)16(13(7)19)6-10(17)8-3-2-4-9(14)12(8)15/h2-4,7,10,17H,5-6H2,1H3. The molecule has 0 aliphatic carbocycles. The maximum atomic E-state index is 13.5. The number of hydrogen-bond donors (Lipinski definition) is 1. The van der Waals surface area contributed by atoms with Crippen LogP contribution in [0.1, 0.15) is 25.0 Å². The Morgan fingerprint density at radius 1 is 1.42 bits per heavy atom. The van der Waals surface area contributed by atoms with E-state index >= 15 is 0 Å². The number of carbonyl (C=O) groups is 2. The molecule has 4 nitrogen and oxygen atoms in total. The number of amides is 2. The molecule has 1 aromatic carbocycles. The summed E-state index contributed by atoms with van der Waals surface area (Å²) in [6, 6.07) is 3.41. The molecule has 0 aromatic heterocycles. The molecule has 102 valence electrons. The molecule has 2 rings (SSSR count). The second kappa shape index (κ2) is 5.05. The van der Waals surface area contributed by atoms with E-state index in [0.29, 0.717) is 0 Å². The average molecular weight is 269 g/mol. The topological polar surface area (TPSA) is 57.6 Å². The van der Waals surface area contributed by atoms with E-state index in [0.717, 1.165) is 11.0 Å². The molecule has 1 saturated heterocycles. The quantitative estimate of drug-likeness (QED) is 0.844. The van der Waals surface area contributed by atoms with E-state index in [4.69, 9.17) is 0 Å². The van der Waals surface area contributed by atoms with Gasteiger partial charge in [-0.2, -0.15) is 0 Å². The first kappa shape index (κ1) is 13.6. The van der Waals surface area contributed by atoms with E-state index < -0.39 is 35.5 Å². The van der Waals surface area contributed by atoms with Crippen molar-refractivity contribution in [1.82, 2.24) is 4.90 Å². The number of imide groups is 1. The molecule has 19 heavy (non-hydrogen) atoms. The molecule has 6 heteroatoms. The first-order chi connectivity index (χ1) is 8.91. The predicted molar refractivity (Wildman–Crippen MR) is 61.8 cm³/mol. The molecule has 1 aliphatic heterocycles. The Hall–Kier alpha value is -1.82. The number of hydrogen-bond acceptors (Lipinski definition) is 3. The van der Waals surface area contributed by atoms with Crippen molar-refractivity contribution in [1.29, 1.82) is 0 Å². The van der Waals surface area contributed by atoms with Gasteiger partial charge in [-0.15, -0.1) is 0 Å². The maximum Gasteiger partial charge on any atom is 0.232 e. The van der Waals surface area contributed by atoms with E-state index in [9.17, 15) is 23.5 Å². The third-order valence-electron chi connectivity index (χ3n) is 3.17. The first-order valence-electron chi connectivity index (χ1n) is 5.88. The molecule has 1 aliphatic rings. The summed E-state index contributed by atoms with van der Waals surface area (Å²) in [5.74, 6) is -3.49. The summed E-state index contributed by atoms with van der Waals surface area (Å²) < 4.78 is 26.5. The fourth-order valence-corrected chi connectivity index (χ4v) is 2.09. The predicted octanol–water partition coefficient (Wildman–Crippen LogP) is 1.39. The Morgan fingerprint density at radius 3 is 2.68 bits per heavy atom. The normalized spacial score (nSPS) is 21.1. The molecule has 2 unspecified atom stereocenters. The number of aliphatic hydroxyl groups is 1. The number of likely N-dealkylation sites (tertiary alicyclic amines) is 1. The minimum absolute atomic E-state index is 0.0805. The Morgan fingerprint density at radius 2 is 2.11 bits per heavy atom. The van der Waals surface area contributed by atoms with Gasteiger partial charge in [-0.25, -0.2) is 8.78 Å². The second-order valence-corrected chi connectivity index (χ2v) is 4.61. The molecule has 0 radical (unpaired) electrons. The van der Waals surface area contributed by atoms with Crippen molar-refractivity contribution in [2.75, 3.05) is 6.54 Å². The van der Waals surface area contributed by atoms with Crippen molar-refractivity contribution in [3.8, 4) is 0 Å². The lowest BCUT2D eigenvalue weighted by Gasteiger charge is -2.19. The molecular weight excluding hydrogens is 256 g/mol. The highest BCUT2D eigenvalue weighted by atomic mass is 19.2. The van der Waals surface area contributed by atoms with Crippen LogP contribution in [0, 0.1) is 17.6 Å². The summed E-state index contributed by atoms with van der Waals surface area (Å²) in [6.07, 6.45) is -1.36. The van der Waals surface area contributed by atoms with Gasteiger partial charge in [0.05, 0.1) is 12.6 Å². The highest BCUT2D eigenvalue weighted by Gasteiger charge is 2.37. The molecule has 1 aromatic rings. The van der Waals surface area contributed by atoms with E-state index in [-0.39, 0.29) is 18.5 Å². The van der Waals surface area contributed by atoms with Crippen LogP contribution in [0.3, 0.4) is 0 Å². The summed E-state index contributed by atoms with van der Waals surface area (Å²) in [4.78, 5) is 24.1. The molecule has 2 atom stereocenters. The van der Waals surface area contributed by atoms with Crippen molar-refractivity contribution >= 4 is 11.8 Å². The second-order valence-electron chi connectivity index (χ2n) is 4.61. The van der Waals surface area contributed by atoms with Crippen LogP contribution in [0.25, 0.3) is 0 Å². The van der Waals surface area contributed by atoms with Crippen molar-refractivity contribution < 1.29 is 23.5 Å². The van der Waals surface area contributed by atoms with Crippen molar-refractivity contribution in [3.63, 3.8) is 0 Å². The smallest absolute Gasteiger partial charge is 0.232 e. The summed E-state index contributed by atoms with van der Waals surface area (Å²) >= 11 is 0. The lowest BCUT2D eigenvalue weighted by Crippen LogP contribution is -2.34. The van der Waals surface area contributed by atoms with Crippen LogP contribution in [-0.4, -0.2) is 28.4 Å². The monoisotopic (exact) mass is 269 g/mol. The van der Waals surface area contributed by atoms with Crippen LogP contribution >= 0.6 is 0 Å². The average Bonchev–Trinajstić information content (AvgIpc) is 2.59. The molecule has 0 saturated carbocycles. The lowest BCUT2D eigenvalue weighted by molar-refractivity contribution is -0.140. The zero-order valence-corrected chi connectivity index (χ0v) is 10.3. The maximum absolute atomic E-state index is 13.5. The highest BCUT2D eigenvalue weighted by molar-refractivity contribution is 6.03. The minimum Gasteiger partial charge on any atom is -0.386 e. The van der Waals surface area contributed by atoms with Gasteiger partial charge in [0.2, 0.25) is 11.8 Å². The van der Waals surface area contributed by atoms with Gasteiger partial charge >= 0.3 is 0 Å². The SMILES string of the molecule is CC1CC(=O)N(CC(O)c2cccc(F)c2F)C1=O. The van der Waals surface area contributed by atoms with Gasteiger partial charge in [0.1, 0.15) is 0 Å². The Labute approximate surface area is 108 Å². The van der Waals surface area contributed by atoms with Gasteiger partial charge in [-0.3, -0.25) is 14.5 Å². The van der Waals surface area contributed by atoms with Crippen LogP contribution in [0.2, 0.25) is 0 Å². The molecule has 0 bridgehead atoms. The number of carbonyl (C=O) groups excluding carboxylic acids is 2. The summed E-state index contributed by atoms with van der Waals surface area (Å²) in [5.41, 5.74) is -0.264. The summed E-state index contributed by atoms with van der Waals surface area (Å²) in [6.45, 7) is 1.25. The van der Waals surface area contributed by atoms with E-state index in [2.05, 4.69) is 0 Å². The van der Waals surface area contributed by atoms with Crippen LogP contribution in [0.15, 0.2) is 18.2 Å². The van der Waals surface area contributed by atoms with Crippen LogP contribution in [0.5, 0.6) is 0 Å². The molecular formula is C13H13F2NO3. The number of rotatable bonds is 3. The lowest BCUT2D eigenvalue weighted by atomic mass is 10.1. The molecule has 0 spiro atoms. The Balaban J connectivity index is 2.17. The first-order valence-corrected chi connectivity index (χ1v) is 5.88. The summed E-state index contributed by atoms with van der Waals surface area (Å²) in [5, 5.41) is 9.86. The minimum atomic E-state index is -1.44. The fraction of sp³-hybridized carbons (Fsp3) is 0.385. The zero-order valence-electron chi connectivity index (χ0n) is 10.3. The van der Waals surface area contributed by atoms with Crippen molar-refractivity contribution in [2.24, 2.45) is 5.92 Å². The number of β-amino-alcohol motifs (C(OH)–C–C–N with tert-alkyl or cyclic N) is 1. The van der Waals surface area contributed by atoms with Crippen LogP contribution < -0.4 is 0 Å². The number of nitrogens with zero attached hydrogens (tertiary/aromatic N) is 1. The Bertz CT molecular complexity index is 533. The van der Waals surface area contributed by atoms with E-state index in [1.54, 1.807) is 6.92 Å². The van der Waals surface area contributed by atoms with E-state index in [1.807, 2.05) is 0 Å². The zero-order chi connectivity index (χ0) is 14.2. The number of benzene rings is 1. The molecule has 1 heterocycles. The van der Waals surface area contributed by atoms with Gasteiger partial charge in [-0.05, 0) is 6.07 Å². The number of aliphatic hydroxyl groups excluding tert-OH is 1. The van der Waals surface area contributed by atoms with Gasteiger partial charge in [0, 0.05) is 17.9 Å². The Kier molecular flexibility index (Phi) is 3.61.